The van der Waals surface area contributed by atoms with Crippen LogP contribution in [0.4, 0.5) is 0 Å². The highest BCUT2D eigenvalue weighted by atomic mass is 16.2. The number of carbonyl (C=O) groups excluding carboxylic acids is 1. The summed E-state index contributed by atoms with van der Waals surface area (Å²) in [5.41, 5.74) is 0. The molecule has 0 aromatic heterocycles. The Morgan fingerprint density at radius 1 is 1.50 bits per heavy atom. The molecular weight excluding hydrogens is 152 g/mol. The van der Waals surface area contributed by atoms with Gasteiger partial charge in [-0.25, -0.2) is 0 Å². The van der Waals surface area contributed by atoms with Gasteiger partial charge in [0.2, 0.25) is 5.91 Å². The molecule has 3 heteroatoms. The van der Waals surface area contributed by atoms with Gasteiger partial charge in [0.1, 0.15) is 0 Å². The van der Waals surface area contributed by atoms with Crippen LogP contribution in [-0.4, -0.2) is 48.9 Å². The second kappa shape index (κ2) is 3.90. The van der Waals surface area contributed by atoms with Crippen molar-refractivity contribution in [2.24, 2.45) is 5.92 Å². The molecule has 0 aliphatic carbocycles. The normalized spacial score (nSPS) is 27.4. The molecule has 1 unspecified atom stereocenters. The maximum atomic E-state index is 11.5. The van der Waals surface area contributed by atoms with E-state index in [1.54, 1.807) is 0 Å². The van der Waals surface area contributed by atoms with Crippen molar-refractivity contribution in [3.8, 4) is 0 Å². The topological polar surface area (TPSA) is 23.6 Å². The molecule has 70 valence electrons. The first-order valence-electron chi connectivity index (χ1n) is 4.62. The SMILES string of the molecule is CCN1CCN(C)C(=O)C(C)C1. The maximum Gasteiger partial charge on any atom is 0.226 e. The van der Waals surface area contributed by atoms with Gasteiger partial charge in [-0.3, -0.25) is 4.79 Å². The van der Waals surface area contributed by atoms with E-state index in [4.69, 9.17) is 0 Å². The average molecular weight is 170 g/mol. The van der Waals surface area contributed by atoms with E-state index >= 15 is 0 Å². The highest BCUT2D eigenvalue weighted by Crippen LogP contribution is 2.08. The van der Waals surface area contributed by atoms with Crippen LogP contribution in [0.3, 0.4) is 0 Å². The molecule has 1 aliphatic heterocycles. The molecule has 1 heterocycles. The number of likely N-dealkylation sites (N-methyl/N-ethyl adjacent to an activating group) is 2. The summed E-state index contributed by atoms with van der Waals surface area (Å²) in [6.07, 6.45) is 0. The summed E-state index contributed by atoms with van der Waals surface area (Å²) in [5, 5.41) is 0. The Kier molecular flexibility index (Phi) is 3.09. The van der Waals surface area contributed by atoms with Crippen LogP contribution >= 0.6 is 0 Å². The van der Waals surface area contributed by atoms with Crippen LogP contribution in [0.25, 0.3) is 0 Å². The summed E-state index contributed by atoms with van der Waals surface area (Å²) >= 11 is 0. The van der Waals surface area contributed by atoms with Crippen LogP contribution in [-0.2, 0) is 4.79 Å². The van der Waals surface area contributed by atoms with Gasteiger partial charge in [-0.1, -0.05) is 13.8 Å². The van der Waals surface area contributed by atoms with E-state index in [-0.39, 0.29) is 11.8 Å². The first-order valence-corrected chi connectivity index (χ1v) is 4.62. The first-order chi connectivity index (χ1) is 5.65. The van der Waals surface area contributed by atoms with Crippen molar-refractivity contribution in [1.82, 2.24) is 9.80 Å². The largest absolute Gasteiger partial charge is 0.344 e. The highest BCUT2D eigenvalue weighted by Gasteiger charge is 2.23. The van der Waals surface area contributed by atoms with Crippen molar-refractivity contribution in [3.05, 3.63) is 0 Å². The van der Waals surface area contributed by atoms with E-state index in [0.717, 1.165) is 26.2 Å². The quantitative estimate of drug-likeness (QED) is 0.569. The summed E-state index contributed by atoms with van der Waals surface area (Å²) in [6, 6.07) is 0. The third-order valence-corrected chi connectivity index (χ3v) is 2.53. The van der Waals surface area contributed by atoms with Gasteiger partial charge in [0.05, 0.1) is 0 Å². The van der Waals surface area contributed by atoms with E-state index < -0.39 is 0 Å². The smallest absolute Gasteiger partial charge is 0.226 e. The molecule has 0 radical (unpaired) electrons. The molecule has 0 aromatic rings. The van der Waals surface area contributed by atoms with Crippen molar-refractivity contribution in [2.75, 3.05) is 33.2 Å². The van der Waals surface area contributed by atoms with Gasteiger partial charge in [-0.15, -0.1) is 0 Å². The van der Waals surface area contributed by atoms with Gasteiger partial charge in [-0.05, 0) is 6.54 Å². The fourth-order valence-corrected chi connectivity index (χ4v) is 1.62. The van der Waals surface area contributed by atoms with Gasteiger partial charge in [0, 0.05) is 32.6 Å². The third-order valence-electron chi connectivity index (χ3n) is 2.53. The third kappa shape index (κ3) is 1.97. The summed E-state index contributed by atoms with van der Waals surface area (Å²) in [5.74, 6) is 0.448. The molecule has 1 amide bonds. The minimum Gasteiger partial charge on any atom is -0.344 e. The monoisotopic (exact) mass is 170 g/mol. The van der Waals surface area contributed by atoms with E-state index in [0.29, 0.717) is 0 Å². The lowest BCUT2D eigenvalue weighted by atomic mass is 10.1. The Morgan fingerprint density at radius 3 is 2.75 bits per heavy atom. The van der Waals surface area contributed by atoms with Crippen molar-refractivity contribution in [1.29, 1.82) is 0 Å². The summed E-state index contributed by atoms with van der Waals surface area (Å²) in [7, 11) is 1.89. The second-order valence-electron chi connectivity index (χ2n) is 3.55. The molecule has 12 heavy (non-hydrogen) atoms. The highest BCUT2D eigenvalue weighted by molar-refractivity contribution is 5.78. The van der Waals surface area contributed by atoms with Crippen LogP contribution in [0, 0.1) is 5.92 Å². The molecule has 0 saturated carbocycles. The lowest BCUT2D eigenvalue weighted by molar-refractivity contribution is -0.132. The molecule has 1 atom stereocenters. The molecule has 1 aliphatic rings. The van der Waals surface area contributed by atoms with E-state index in [1.165, 1.54) is 0 Å². The molecule has 1 saturated heterocycles. The fourth-order valence-electron chi connectivity index (χ4n) is 1.62. The minimum atomic E-state index is 0.164. The zero-order valence-electron chi connectivity index (χ0n) is 8.21. The summed E-state index contributed by atoms with van der Waals surface area (Å²) in [4.78, 5) is 15.7. The second-order valence-corrected chi connectivity index (χ2v) is 3.55. The van der Waals surface area contributed by atoms with E-state index in [1.807, 2.05) is 18.9 Å². The summed E-state index contributed by atoms with van der Waals surface area (Å²) in [6.45, 7) is 8.00. The predicted octanol–water partition coefficient (Wildman–Crippen LogP) is 0.416. The molecule has 0 N–H and O–H groups in total. The number of hydrogen-bond acceptors (Lipinski definition) is 2. The van der Waals surface area contributed by atoms with Gasteiger partial charge in [-0.2, -0.15) is 0 Å². The number of hydrogen-bond donors (Lipinski definition) is 0. The van der Waals surface area contributed by atoms with Crippen LogP contribution < -0.4 is 0 Å². The molecule has 0 aromatic carbocycles. The standard InChI is InChI=1S/C9H18N2O/c1-4-11-6-5-10(3)9(12)8(2)7-11/h8H,4-7H2,1-3H3. The molecule has 1 fully saturated rings. The Hall–Kier alpha value is -0.570. The first kappa shape index (κ1) is 9.52. The number of rotatable bonds is 1. The zero-order chi connectivity index (χ0) is 9.14. The Bertz CT molecular complexity index is 170. The van der Waals surface area contributed by atoms with Crippen molar-refractivity contribution in [3.63, 3.8) is 0 Å². The summed E-state index contributed by atoms with van der Waals surface area (Å²) < 4.78 is 0. The zero-order valence-corrected chi connectivity index (χ0v) is 8.21. The van der Waals surface area contributed by atoms with Crippen LogP contribution in [0.15, 0.2) is 0 Å². The van der Waals surface area contributed by atoms with Gasteiger partial charge in [0.15, 0.2) is 0 Å². The van der Waals surface area contributed by atoms with Crippen LogP contribution in [0.2, 0.25) is 0 Å². The maximum absolute atomic E-state index is 11.5. The Labute approximate surface area is 74.3 Å². The minimum absolute atomic E-state index is 0.164. The van der Waals surface area contributed by atoms with Gasteiger partial charge < -0.3 is 9.80 Å². The van der Waals surface area contributed by atoms with Crippen LogP contribution in [0.5, 0.6) is 0 Å². The van der Waals surface area contributed by atoms with Crippen LogP contribution in [0.1, 0.15) is 13.8 Å². The lowest BCUT2D eigenvalue weighted by Gasteiger charge is -2.17. The van der Waals surface area contributed by atoms with Gasteiger partial charge in [0.25, 0.3) is 0 Å². The van der Waals surface area contributed by atoms with Crippen molar-refractivity contribution < 1.29 is 4.79 Å². The predicted molar refractivity (Wildman–Crippen MR) is 48.9 cm³/mol. The Balaban J connectivity index is 2.59. The van der Waals surface area contributed by atoms with Crippen molar-refractivity contribution in [2.45, 2.75) is 13.8 Å². The molecule has 0 bridgehead atoms. The lowest BCUT2D eigenvalue weighted by Crippen LogP contribution is -2.31. The number of nitrogens with zero attached hydrogens (tertiary/aromatic N) is 2. The van der Waals surface area contributed by atoms with Gasteiger partial charge >= 0.3 is 0 Å². The molecule has 1 rings (SSSR count). The van der Waals surface area contributed by atoms with E-state index in [9.17, 15) is 4.79 Å². The molecule has 3 nitrogen and oxygen atoms in total. The fraction of sp³-hybridized carbons (Fsp3) is 0.889. The number of amides is 1. The van der Waals surface area contributed by atoms with E-state index in [2.05, 4.69) is 11.8 Å². The number of carbonyl (C=O) groups is 1. The Morgan fingerprint density at radius 2 is 2.17 bits per heavy atom. The average Bonchev–Trinajstić information content (AvgIpc) is 2.19. The molecular formula is C9H18N2O. The van der Waals surface area contributed by atoms with Crippen molar-refractivity contribution >= 4 is 5.91 Å². The molecule has 0 spiro atoms.